The molecule has 0 spiro atoms. The fourth-order valence-corrected chi connectivity index (χ4v) is 2.26. The normalized spacial score (nSPS) is 10.5. The molecule has 0 atom stereocenters. The van der Waals surface area contributed by atoms with Crippen LogP contribution in [0.4, 0.5) is 5.82 Å². The first-order valence-corrected chi connectivity index (χ1v) is 6.48. The number of aryl methyl sites for hydroxylation is 1. The van der Waals surface area contributed by atoms with Crippen LogP contribution in [0.25, 0.3) is 0 Å². The lowest BCUT2D eigenvalue weighted by molar-refractivity contribution is -0.114. The molecule has 4 nitrogen and oxygen atoms in total. The van der Waals surface area contributed by atoms with Crippen LogP contribution in [0, 0.1) is 6.92 Å². The minimum atomic E-state index is -0.152. The molecule has 0 fully saturated rings. The van der Waals surface area contributed by atoms with Crippen molar-refractivity contribution in [2.75, 3.05) is 5.32 Å². The van der Waals surface area contributed by atoms with Crippen LogP contribution in [0.3, 0.4) is 0 Å². The number of nitrogens with zero attached hydrogens (tertiary/aromatic N) is 2. The Balaban J connectivity index is 2.28. The number of nitrogens with one attached hydrogen (secondary N) is 1. The van der Waals surface area contributed by atoms with Gasteiger partial charge in [0.25, 0.3) is 0 Å². The number of carbonyl (C=O) groups is 1. The molecule has 2 rings (SSSR count). The van der Waals surface area contributed by atoms with Crippen LogP contribution >= 0.6 is 23.2 Å². The fraction of sp³-hybridized carbons (Fsp3) is 0.231. The van der Waals surface area contributed by atoms with E-state index in [0.717, 1.165) is 11.3 Å². The average Bonchev–Trinajstić information content (AvgIpc) is 2.63. The zero-order valence-electron chi connectivity index (χ0n) is 10.6. The summed E-state index contributed by atoms with van der Waals surface area (Å²) in [6.45, 7) is 3.81. The SMILES string of the molecule is CC(=O)Nc1cc(C)n(Cc2c(Cl)cccc2Cl)n1. The first-order valence-electron chi connectivity index (χ1n) is 5.72. The van der Waals surface area contributed by atoms with Gasteiger partial charge in [-0.05, 0) is 19.1 Å². The quantitative estimate of drug-likeness (QED) is 0.942. The van der Waals surface area contributed by atoms with Gasteiger partial charge in [-0.25, -0.2) is 0 Å². The largest absolute Gasteiger partial charge is 0.309 e. The molecule has 0 bridgehead atoms. The summed E-state index contributed by atoms with van der Waals surface area (Å²) in [5, 5.41) is 8.14. The molecule has 0 unspecified atom stereocenters. The highest BCUT2D eigenvalue weighted by atomic mass is 35.5. The van der Waals surface area contributed by atoms with Crippen molar-refractivity contribution in [2.45, 2.75) is 20.4 Å². The molecule has 0 radical (unpaired) electrons. The van der Waals surface area contributed by atoms with E-state index in [9.17, 15) is 4.79 Å². The van der Waals surface area contributed by atoms with Crippen molar-refractivity contribution in [1.29, 1.82) is 0 Å². The second kappa shape index (κ2) is 5.63. The number of halogens is 2. The predicted molar refractivity (Wildman–Crippen MR) is 76.8 cm³/mol. The highest BCUT2D eigenvalue weighted by Crippen LogP contribution is 2.25. The van der Waals surface area contributed by atoms with Gasteiger partial charge in [0.1, 0.15) is 0 Å². The monoisotopic (exact) mass is 297 g/mol. The van der Waals surface area contributed by atoms with Gasteiger partial charge in [-0.3, -0.25) is 9.48 Å². The molecule has 19 heavy (non-hydrogen) atoms. The summed E-state index contributed by atoms with van der Waals surface area (Å²) in [5.41, 5.74) is 1.73. The van der Waals surface area contributed by atoms with Crippen molar-refractivity contribution < 1.29 is 4.79 Å². The van der Waals surface area contributed by atoms with Crippen molar-refractivity contribution in [3.8, 4) is 0 Å². The molecule has 0 saturated carbocycles. The van der Waals surface area contributed by atoms with Crippen LogP contribution in [0.2, 0.25) is 10.0 Å². The van der Waals surface area contributed by atoms with Gasteiger partial charge in [0.15, 0.2) is 5.82 Å². The third-order valence-corrected chi connectivity index (χ3v) is 3.36. The van der Waals surface area contributed by atoms with Crippen molar-refractivity contribution in [3.05, 3.63) is 45.6 Å². The van der Waals surface area contributed by atoms with E-state index in [1.807, 2.05) is 6.92 Å². The van der Waals surface area contributed by atoms with E-state index < -0.39 is 0 Å². The number of hydrogen-bond acceptors (Lipinski definition) is 2. The third kappa shape index (κ3) is 3.28. The molecule has 0 saturated heterocycles. The second-order valence-corrected chi connectivity index (χ2v) is 5.02. The molecule has 1 N–H and O–H groups in total. The summed E-state index contributed by atoms with van der Waals surface area (Å²) in [6.07, 6.45) is 0. The summed E-state index contributed by atoms with van der Waals surface area (Å²) in [6, 6.07) is 7.17. The Morgan fingerprint density at radius 2 is 2.00 bits per heavy atom. The lowest BCUT2D eigenvalue weighted by atomic mass is 10.2. The number of carbonyl (C=O) groups excluding carboxylic acids is 1. The van der Waals surface area contributed by atoms with E-state index in [2.05, 4.69) is 10.4 Å². The maximum atomic E-state index is 11.0. The Kier molecular flexibility index (Phi) is 4.12. The summed E-state index contributed by atoms with van der Waals surface area (Å²) < 4.78 is 1.75. The molecule has 1 aromatic heterocycles. The van der Waals surface area contributed by atoms with Gasteiger partial charge < -0.3 is 5.32 Å². The maximum Gasteiger partial charge on any atom is 0.222 e. The highest BCUT2D eigenvalue weighted by Gasteiger charge is 2.10. The molecule has 1 heterocycles. The number of anilines is 1. The van der Waals surface area contributed by atoms with Gasteiger partial charge >= 0.3 is 0 Å². The smallest absolute Gasteiger partial charge is 0.222 e. The molecular formula is C13H13Cl2N3O. The minimum absolute atomic E-state index is 0.152. The Labute approximate surface area is 121 Å². The molecule has 100 valence electrons. The van der Waals surface area contributed by atoms with Crippen LogP contribution in [-0.2, 0) is 11.3 Å². The van der Waals surface area contributed by atoms with Crippen molar-refractivity contribution >= 4 is 34.9 Å². The van der Waals surface area contributed by atoms with Crippen molar-refractivity contribution in [1.82, 2.24) is 9.78 Å². The highest BCUT2D eigenvalue weighted by molar-refractivity contribution is 6.35. The predicted octanol–water partition coefficient (Wildman–Crippen LogP) is 3.51. The Morgan fingerprint density at radius 3 is 2.58 bits per heavy atom. The summed E-state index contributed by atoms with van der Waals surface area (Å²) >= 11 is 12.3. The Hall–Kier alpha value is -1.52. The molecule has 2 aromatic rings. The van der Waals surface area contributed by atoms with Crippen LogP contribution in [0.1, 0.15) is 18.2 Å². The molecule has 0 aliphatic carbocycles. The molecule has 6 heteroatoms. The van der Waals surface area contributed by atoms with E-state index in [1.165, 1.54) is 6.92 Å². The molecule has 1 aromatic carbocycles. The molecule has 0 aliphatic rings. The number of hydrogen-bond donors (Lipinski definition) is 1. The van der Waals surface area contributed by atoms with Gasteiger partial charge in [-0.15, -0.1) is 0 Å². The van der Waals surface area contributed by atoms with E-state index in [4.69, 9.17) is 23.2 Å². The standard InChI is InChI=1S/C13H13Cl2N3O/c1-8-6-13(16-9(2)19)17-18(8)7-10-11(14)4-3-5-12(10)15/h3-6H,7H2,1-2H3,(H,16,17,19). The van der Waals surface area contributed by atoms with Crippen LogP contribution < -0.4 is 5.32 Å². The van der Waals surface area contributed by atoms with E-state index in [-0.39, 0.29) is 5.91 Å². The first-order chi connectivity index (χ1) is 8.97. The van der Waals surface area contributed by atoms with Gasteiger partial charge in [-0.1, -0.05) is 29.3 Å². The van der Waals surface area contributed by atoms with Crippen LogP contribution in [0.15, 0.2) is 24.3 Å². The van der Waals surface area contributed by atoms with Crippen molar-refractivity contribution in [2.24, 2.45) is 0 Å². The van der Waals surface area contributed by atoms with Crippen LogP contribution in [-0.4, -0.2) is 15.7 Å². The van der Waals surface area contributed by atoms with E-state index in [0.29, 0.717) is 22.4 Å². The molecular weight excluding hydrogens is 285 g/mol. The Morgan fingerprint density at radius 1 is 1.37 bits per heavy atom. The lowest BCUT2D eigenvalue weighted by Crippen LogP contribution is -2.08. The third-order valence-electron chi connectivity index (χ3n) is 2.65. The molecule has 0 aliphatic heterocycles. The zero-order chi connectivity index (χ0) is 14.0. The topological polar surface area (TPSA) is 46.9 Å². The average molecular weight is 298 g/mol. The van der Waals surface area contributed by atoms with Crippen LogP contribution in [0.5, 0.6) is 0 Å². The number of amides is 1. The summed E-state index contributed by atoms with van der Waals surface area (Å²) in [4.78, 5) is 11.0. The Bertz CT molecular complexity index is 602. The lowest BCUT2D eigenvalue weighted by Gasteiger charge is -2.08. The second-order valence-electron chi connectivity index (χ2n) is 4.21. The first kappa shape index (κ1) is 13.9. The fourth-order valence-electron chi connectivity index (χ4n) is 1.74. The van der Waals surface area contributed by atoms with E-state index >= 15 is 0 Å². The van der Waals surface area contributed by atoms with Gasteiger partial charge in [0.2, 0.25) is 5.91 Å². The number of rotatable bonds is 3. The van der Waals surface area contributed by atoms with Crippen molar-refractivity contribution in [3.63, 3.8) is 0 Å². The summed E-state index contributed by atoms with van der Waals surface area (Å²) in [5.74, 6) is 0.369. The number of aromatic nitrogens is 2. The minimum Gasteiger partial charge on any atom is -0.309 e. The summed E-state index contributed by atoms with van der Waals surface area (Å²) in [7, 11) is 0. The number of benzene rings is 1. The molecule has 1 amide bonds. The van der Waals surface area contributed by atoms with Gasteiger partial charge in [0, 0.05) is 34.3 Å². The maximum absolute atomic E-state index is 11.0. The van der Waals surface area contributed by atoms with Gasteiger partial charge in [-0.2, -0.15) is 5.10 Å². The van der Waals surface area contributed by atoms with Gasteiger partial charge in [0.05, 0.1) is 6.54 Å². The van der Waals surface area contributed by atoms with E-state index in [1.54, 1.807) is 28.9 Å². The zero-order valence-corrected chi connectivity index (χ0v) is 12.1.